The Labute approximate surface area is 267 Å². The molecule has 9 heteroatoms. The fourth-order valence-corrected chi connectivity index (χ4v) is 4.96. The zero-order valence-electron chi connectivity index (χ0n) is 27.6. The molecule has 1 aliphatic rings. The van der Waals surface area contributed by atoms with Gasteiger partial charge in [0.15, 0.2) is 0 Å². The maximum Gasteiger partial charge on any atom is 0.408 e. The van der Waals surface area contributed by atoms with Gasteiger partial charge in [-0.3, -0.25) is 9.78 Å². The molecule has 2 heterocycles. The lowest BCUT2D eigenvalue weighted by Crippen LogP contribution is -2.34. The van der Waals surface area contributed by atoms with Crippen LogP contribution in [0.4, 0.5) is 10.5 Å². The highest BCUT2D eigenvalue weighted by molar-refractivity contribution is 5.74. The molecule has 2 N–H and O–H groups in total. The maximum absolute atomic E-state index is 12.5. The Kier molecular flexibility index (Phi) is 11.1. The number of rotatable bonds is 11. The number of pyridine rings is 1. The van der Waals surface area contributed by atoms with Crippen molar-refractivity contribution >= 4 is 17.7 Å². The summed E-state index contributed by atoms with van der Waals surface area (Å²) in [6.45, 7) is 14.7. The van der Waals surface area contributed by atoms with Crippen molar-refractivity contribution in [1.29, 1.82) is 0 Å². The number of hydrogen-bond acceptors (Lipinski definition) is 8. The van der Waals surface area contributed by atoms with Crippen molar-refractivity contribution in [2.24, 2.45) is 0 Å². The number of hydrogen-bond donors (Lipinski definition) is 2. The Hall–Kier alpha value is -4.11. The molecule has 0 spiro atoms. The lowest BCUT2D eigenvalue weighted by molar-refractivity contribution is -0.153. The van der Waals surface area contributed by atoms with Crippen LogP contribution in [-0.4, -0.2) is 47.5 Å². The fraction of sp³-hybridized carbons (Fsp3) is 0.472. The van der Waals surface area contributed by atoms with E-state index in [4.69, 9.17) is 23.9 Å². The minimum atomic E-state index is -0.592. The van der Waals surface area contributed by atoms with Gasteiger partial charge >= 0.3 is 12.1 Å². The number of esters is 1. The average Bonchev–Trinajstić information content (AvgIpc) is 3.47. The van der Waals surface area contributed by atoms with E-state index in [1.165, 1.54) is 0 Å². The summed E-state index contributed by atoms with van der Waals surface area (Å²) in [5.74, 6) is 0.326. The number of carbonyl (C=O) groups is 2. The van der Waals surface area contributed by atoms with Crippen molar-refractivity contribution in [3.8, 4) is 17.0 Å². The minimum absolute atomic E-state index is 0.119. The number of carbonyl (C=O) groups excluding carboxylic acids is 2. The Morgan fingerprint density at radius 2 is 1.73 bits per heavy atom. The number of nitrogens with one attached hydrogen (secondary N) is 2. The second kappa shape index (κ2) is 14.8. The quantitative estimate of drug-likeness (QED) is 0.215. The maximum atomic E-state index is 12.5. The number of anilines is 1. The zero-order chi connectivity index (χ0) is 32.6. The normalized spacial score (nSPS) is 15.7. The average molecular weight is 618 g/mol. The third-order valence-electron chi connectivity index (χ3n) is 6.92. The van der Waals surface area contributed by atoms with Gasteiger partial charge in [0.1, 0.15) is 23.6 Å². The molecule has 45 heavy (non-hydrogen) atoms. The first kappa shape index (κ1) is 33.8. The van der Waals surface area contributed by atoms with Gasteiger partial charge in [-0.2, -0.15) is 0 Å². The van der Waals surface area contributed by atoms with Crippen LogP contribution in [0.5, 0.6) is 5.75 Å². The summed E-state index contributed by atoms with van der Waals surface area (Å²) >= 11 is 0. The molecule has 1 amide bonds. The number of benzene rings is 2. The lowest BCUT2D eigenvalue weighted by atomic mass is 10.0. The summed E-state index contributed by atoms with van der Waals surface area (Å²) in [7, 11) is 0. The number of aromatic nitrogens is 1. The predicted molar refractivity (Wildman–Crippen MR) is 175 cm³/mol. The van der Waals surface area contributed by atoms with Crippen LogP contribution in [0.3, 0.4) is 0 Å². The van der Waals surface area contributed by atoms with Crippen molar-refractivity contribution in [3.63, 3.8) is 0 Å². The molecule has 2 aromatic carbocycles. The molecular formula is C36H47N3O6. The number of alkyl carbamates (subject to hydrolysis) is 1. The molecule has 9 nitrogen and oxygen atoms in total. The van der Waals surface area contributed by atoms with Gasteiger partial charge in [0.2, 0.25) is 0 Å². The molecule has 1 fully saturated rings. The summed E-state index contributed by atoms with van der Waals surface area (Å²) in [4.78, 5) is 29.8. The van der Waals surface area contributed by atoms with Crippen LogP contribution in [0.2, 0.25) is 0 Å². The van der Waals surface area contributed by atoms with Crippen LogP contribution in [0.15, 0.2) is 60.7 Å². The number of ether oxygens (including phenoxy) is 4. The van der Waals surface area contributed by atoms with Crippen molar-refractivity contribution in [3.05, 3.63) is 77.5 Å². The minimum Gasteiger partial charge on any atom is -0.489 e. The number of amides is 1. The third-order valence-corrected chi connectivity index (χ3v) is 6.92. The van der Waals surface area contributed by atoms with Gasteiger partial charge < -0.3 is 29.6 Å². The van der Waals surface area contributed by atoms with Crippen molar-refractivity contribution < 1.29 is 28.5 Å². The van der Waals surface area contributed by atoms with Crippen molar-refractivity contribution in [1.82, 2.24) is 10.3 Å². The molecule has 1 saturated heterocycles. The van der Waals surface area contributed by atoms with Gasteiger partial charge in [0.05, 0.1) is 30.0 Å². The second-order valence-corrected chi connectivity index (χ2v) is 13.4. The summed E-state index contributed by atoms with van der Waals surface area (Å²) in [6, 6.07) is 19.1. The zero-order valence-corrected chi connectivity index (χ0v) is 27.6. The molecule has 0 radical (unpaired) electrons. The Morgan fingerprint density at radius 3 is 2.44 bits per heavy atom. The number of nitrogens with zero attached hydrogens (tertiary/aromatic N) is 1. The summed E-state index contributed by atoms with van der Waals surface area (Å²) in [5, 5.41) is 6.41. The summed E-state index contributed by atoms with van der Waals surface area (Å²) < 4.78 is 23.1. The Balaban J connectivity index is 1.55. The molecule has 2 atom stereocenters. The van der Waals surface area contributed by atoms with Crippen LogP contribution in [0.25, 0.3) is 11.3 Å². The van der Waals surface area contributed by atoms with Crippen LogP contribution in [-0.2, 0) is 32.0 Å². The molecule has 3 aromatic rings. The fourth-order valence-electron chi connectivity index (χ4n) is 4.96. The van der Waals surface area contributed by atoms with Gasteiger partial charge in [0, 0.05) is 30.0 Å². The first-order valence-electron chi connectivity index (χ1n) is 15.6. The smallest absolute Gasteiger partial charge is 0.408 e. The number of para-hydroxylation sites is 1. The molecule has 0 bridgehead atoms. The highest BCUT2D eigenvalue weighted by Crippen LogP contribution is 2.28. The molecule has 2 unspecified atom stereocenters. The Morgan fingerprint density at radius 1 is 0.978 bits per heavy atom. The largest absolute Gasteiger partial charge is 0.489 e. The highest BCUT2D eigenvalue weighted by atomic mass is 16.6. The van der Waals surface area contributed by atoms with Gasteiger partial charge in [-0.1, -0.05) is 24.3 Å². The van der Waals surface area contributed by atoms with Crippen LogP contribution >= 0.6 is 0 Å². The molecule has 1 aliphatic heterocycles. The van der Waals surface area contributed by atoms with E-state index in [0.717, 1.165) is 47.5 Å². The van der Waals surface area contributed by atoms with E-state index in [9.17, 15) is 9.59 Å². The van der Waals surface area contributed by atoms with Crippen molar-refractivity contribution in [2.75, 3.05) is 18.5 Å². The van der Waals surface area contributed by atoms with E-state index in [-0.39, 0.29) is 31.1 Å². The van der Waals surface area contributed by atoms with E-state index in [0.29, 0.717) is 18.0 Å². The third kappa shape index (κ3) is 11.1. The Bertz CT molecular complexity index is 1450. The van der Waals surface area contributed by atoms with E-state index in [1.54, 1.807) is 0 Å². The van der Waals surface area contributed by atoms with Crippen LogP contribution < -0.4 is 15.4 Å². The second-order valence-electron chi connectivity index (χ2n) is 13.4. The SMILES string of the molecule is CC(NC(=O)OC(C)(C)C)c1cccc(-c2cc(COc3ccccc3CC(=O)OC(C)(C)C)cc(NCC3CCCO3)c2)n1. The van der Waals surface area contributed by atoms with E-state index in [2.05, 4.69) is 22.8 Å². The van der Waals surface area contributed by atoms with E-state index in [1.807, 2.05) is 97.0 Å². The molecule has 0 aliphatic carbocycles. The van der Waals surface area contributed by atoms with Gasteiger partial charge in [-0.05, 0) is 103 Å². The standard InChI is InChI=1S/C36H47N3O6/c1-24(38-34(41)45-36(5,6)7)30-14-10-15-31(39-30)27-18-25(19-28(20-27)37-22-29-13-11-17-42-29)23-43-32-16-9-8-12-26(32)21-33(40)44-35(2,3)4/h8-10,12,14-16,18-20,24,29,37H,11,13,17,21-23H2,1-7H3,(H,38,41). The molecule has 4 rings (SSSR count). The van der Waals surface area contributed by atoms with Gasteiger partial charge in [-0.15, -0.1) is 0 Å². The highest BCUT2D eigenvalue weighted by Gasteiger charge is 2.21. The van der Waals surface area contributed by atoms with E-state index >= 15 is 0 Å². The first-order valence-corrected chi connectivity index (χ1v) is 15.6. The molecule has 1 aromatic heterocycles. The molecular weight excluding hydrogens is 570 g/mol. The van der Waals surface area contributed by atoms with Gasteiger partial charge in [0.25, 0.3) is 0 Å². The molecule has 0 saturated carbocycles. The summed E-state index contributed by atoms with van der Waals surface area (Å²) in [6.07, 6.45) is 1.90. The van der Waals surface area contributed by atoms with Crippen LogP contribution in [0.1, 0.15) is 84.2 Å². The molecule has 242 valence electrons. The van der Waals surface area contributed by atoms with E-state index < -0.39 is 17.3 Å². The monoisotopic (exact) mass is 617 g/mol. The summed E-state index contributed by atoms with van der Waals surface area (Å²) in [5.41, 5.74) is 3.85. The first-order chi connectivity index (χ1) is 21.2. The van der Waals surface area contributed by atoms with Crippen molar-refractivity contribution in [2.45, 2.75) is 97.7 Å². The topological polar surface area (TPSA) is 108 Å². The van der Waals surface area contributed by atoms with Gasteiger partial charge in [-0.25, -0.2) is 4.79 Å². The predicted octanol–water partition coefficient (Wildman–Crippen LogP) is 7.39. The lowest BCUT2D eigenvalue weighted by Gasteiger charge is -2.22. The van der Waals surface area contributed by atoms with Crippen LogP contribution in [0, 0.1) is 0 Å².